The summed E-state index contributed by atoms with van der Waals surface area (Å²) in [6.45, 7) is -0.182. The van der Waals surface area contributed by atoms with Crippen LogP contribution >= 0.6 is 45.8 Å². The minimum Gasteiger partial charge on any atom is -0.344 e. The average molecular weight is 435 g/mol. The monoisotopic (exact) mass is 434 g/mol. The molecule has 0 saturated heterocycles. The summed E-state index contributed by atoms with van der Waals surface area (Å²) in [7, 11) is 0. The second kappa shape index (κ2) is 7.20. The third-order valence-electron chi connectivity index (χ3n) is 2.60. The molecule has 108 valence electrons. The molecule has 1 amide bonds. The molecule has 4 nitrogen and oxygen atoms in total. The molecule has 0 bridgehead atoms. The number of Topliss-reactive ketones (excluding diaryl/α,β-unsaturated/α-hetero) is 1. The van der Waals surface area contributed by atoms with Gasteiger partial charge in [-0.1, -0.05) is 35.3 Å². The van der Waals surface area contributed by atoms with Gasteiger partial charge in [0.2, 0.25) is 5.78 Å². The minimum absolute atomic E-state index is 0.0872. The van der Waals surface area contributed by atoms with Gasteiger partial charge in [0, 0.05) is 9.77 Å². The van der Waals surface area contributed by atoms with Gasteiger partial charge in [0.1, 0.15) is 5.69 Å². The van der Waals surface area contributed by atoms with Crippen molar-refractivity contribution in [2.24, 2.45) is 0 Å². The van der Waals surface area contributed by atoms with Crippen LogP contribution in [0.2, 0.25) is 10.0 Å². The van der Waals surface area contributed by atoms with Crippen LogP contribution in [0, 0.1) is 3.57 Å². The molecule has 21 heavy (non-hydrogen) atoms. The van der Waals surface area contributed by atoms with Crippen molar-refractivity contribution < 1.29 is 9.59 Å². The van der Waals surface area contributed by atoms with Crippen molar-refractivity contribution in [3.8, 4) is 0 Å². The maximum atomic E-state index is 12.0. The molecule has 1 N–H and O–H groups in total. The van der Waals surface area contributed by atoms with Crippen LogP contribution in [-0.2, 0) is 0 Å². The van der Waals surface area contributed by atoms with E-state index in [-0.39, 0.29) is 29.0 Å². The van der Waals surface area contributed by atoms with E-state index in [2.05, 4.69) is 32.9 Å². The van der Waals surface area contributed by atoms with E-state index in [1.807, 2.05) is 12.1 Å². The molecule has 2 aromatic rings. The number of hydrogen-bond donors (Lipinski definition) is 1. The van der Waals surface area contributed by atoms with Crippen molar-refractivity contribution >= 4 is 57.5 Å². The second-order valence-corrected chi connectivity index (χ2v) is 6.08. The Morgan fingerprint density at radius 2 is 1.95 bits per heavy atom. The number of nitrogens with one attached hydrogen (secondary N) is 1. The van der Waals surface area contributed by atoms with Gasteiger partial charge in [0.15, 0.2) is 0 Å². The molecule has 0 unspecified atom stereocenters. The quantitative estimate of drug-likeness (QED) is 0.590. The number of carbonyl (C=O) groups excluding carboxylic acids is 2. The molecule has 0 spiro atoms. The van der Waals surface area contributed by atoms with Gasteiger partial charge in [-0.2, -0.15) is 0 Å². The minimum atomic E-state index is -0.379. The summed E-state index contributed by atoms with van der Waals surface area (Å²) in [6, 6.07) is 8.53. The first kappa shape index (κ1) is 16.2. The van der Waals surface area contributed by atoms with Gasteiger partial charge in [-0.15, -0.1) is 0 Å². The number of ketones is 1. The number of hydrogen-bond acceptors (Lipinski definition) is 3. The number of aromatic nitrogens is 1. The van der Waals surface area contributed by atoms with E-state index in [4.69, 9.17) is 23.2 Å². The van der Waals surface area contributed by atoms with E-state index in [1.165, 1.54) is 12.3 Å². The summed E-state index contributed by atoms with van der Waals surface area (Å²) in [5.41, 5.74) is 0.602. The predicted octanol–water partition coefficient (Wildman–Crippen LogP) is 3.61. The fourth-order valence-electron chi connectivity index (χ4n) is 1.60. The lowest BCUT2D eigenvalue weighted by Gasteiger charge is -2.07. The van der Waals surface area contributed by atoms with Crippen molar-refractivity contribution in [2.45, 2.75) is 0 Å². The van der Waals surface area contributed by atoms with Gasteiger partial charge >= 0.3 is 0 Å². The Kier molecular flexibility index (Phi) is 5.55. The Morgan fingerprint density at radius 3 is 2.62 bits per heavy atom. The molecule has 0 aliphatic carbocycles. The second-order valence-electron chi connectivity index (χ2n) is 4.07. The van der Waals surface area contributed by atoms with Crippen molar-refractivity contribution in [1.82, 2.24) is 10.3 Å². The maximum absolute atomic E-state index is 12.0. The summed E-state index contributed by atoms with van der Waals surface area (Å²) in [5.74, 6) is -0.700. The molecular formula is C14H9Cl2IN2O2. The van der Waals surface area contributed by atoms with E-state index < -0.39 is 0 Å². The average Bonchev–Trinajstić information content (AvgIpc) is 2.45. The fourth-order valence-corrected chi connectivity index (χ4v) is 2.72. The van der Waals surface area contributed by atoms with Gasteiger partial charge in [-0.05, 0) is 40.8 Å². The topological polar surface area (TPSA) is 59.1 Å². The molecule has 1 aromatic carbocycles. The third-order valence-corrected chi connectivity index (χ3v) is 4.04. The zero-order valence-electron chi connectivity index (χ0n) is 10.6. The number of halogens is 3. The maximum Gasteiger partial charge on any atom is 0.252 e. The first-order valence-electron chi connectivity index (χ1n) is 5.86. The van der Waals surface area contributed by atoms with Crippen molar-refractivity contribution in [3.63, 3.8) is 0 Å². The van der Waals surface area contributed by atoms with Gasteiger partial charge in [0.25, 0.3) is 5.91 Å². The Balaban J connectivity index is 2.04. The van der Waals surface area contributed by atoms with E-state index >= 15 is 0 Å². The van der Waals surface area contributed by atoms with Crippen LogP contribution in [0.5, 0.6) is 0 Å². The SMILES string of the molecule is O=C(NCC(=O)c1ncc(Cl)cc1Cl)c1ccccc1I. The van der Waals surface area contributed by atoms with Crippen LogP contribution in [0.3, 0.4) is 0 Å². The van der Waals surface area contributed by atoms with Crippen molar-refractivity contribution in [2.75, 3.05) is 6.54 Å². The van der Waals surface area contributed by atoms with Crippen molar-refractivity contribution in [1.29, 1.82) is 0 Å². The van der Waals surface area contributed by atoms with Gasteiger partial charge in [-0.25, -0.2) is 4.98 Å². The van der Waals surface area contributed by atoms with Crippen LogP contribution in [-0.4, -0.2) is 23.2 Å². The molecule has 0 fully saturated rings. The Morgan fingerprint density at radius 1 is 1.24 bits per heavy atom. The fraction of sp³-hybridized carbons (Fsp3) is 0.0714. The number of amides is 1. The molecule has 0 aliphatic rings. The van der Waals surface area contributed by atoms with E-state index in [0.29, 0.717) is 10.6 Å². The van der Waals surface area contributed by atoms with Crippen LogP contribution in [0.1, 0.15) is 20.8 Å². The first-order chi connectivity index (χ1) is 9.99. The number of nitrogens with zero attached hydrogens (tertiary/aromatic N) is 1. The van der Waals surface area contributed by atoms with Crippen LogP contribution in [0.25, 0.3) is 0 Å². The van der Waals surface area contributed by atoms with E-state index in [1.54, 1.807) is 12.1 Å². The molecule has 1 heterocycles. The Bertz CT molecular complexity index is 707. The lowest BCUT2D eigenvalue weighted by molar-refractivity contribution is 0.0901. The normalized spacial score (nSPS) is 10.2. The number of rotatable bonds is 4. The lowest BCUT2D eigenvalue weighted by atomic mass is 10.2. The summed E-state index contributed by atoms with van der Waals surface area (Å²) in [6.07, 6.45) is 1.34. The largest absolute Gasteiger partial charge is 0.344 e. The zero-order chi connectivity index (χ0) is 15.4. The Hall–Kier alpha value is -1.18. The molecular weight excluding hydrogens is 426 g/mol. The van der Waals surface area contributed by atoms with E-state index in [0.717, 1.165) is 3.57 Å². The summed E-state index contributed by atoms with van der Waals surface area (Å²) in [4.78, 5) is 27.9. The van der Waals surface area contributed by atoms with Crippen molar-refractivity contribution in [3.05, 3.63) is 61.4 Å². The van der Waals surface area contributed by atoms with Gasteiger partial charge in [-0.3, -0.25) is 9.59 Å². The molecule has 2 rings (SSSR count). The molecule has 1 aromatic heterocycles. The molecule has 7 heteroatoms. The standard InChI is InChI=1S/C14H9Cl2IN2O2/c15-8-5-10(16)13(18-6-8)12(20)7-19-14(21)9-3-1-2-4-11(9)17/h1-6H,7H2,(H,19,21). The highest BCUT2D eigenvalue weighted by Gasteiger charge is 2.15. The third kappa shape index (κ3) is 4.15. The van der Waals surface area contributed by atoms with E-state index in [9.17, 15) is 9.59 Å². The summed E-state index contributed by atoms with van der Waals surface area (Å²) in [5, 5.41) is 3.06. The summed E-state index contributed by atoms with van der Waals surface area (Å²) >= 11 is 13.7. The molecule has 0 aliphatic heterocycles. The highest BCUT2D eigenvalue weighted by Crippen LogP contribution is 2.18. The molecule has 0 radical (unpaired) electrons. The first-order valence-corrected chi connectivity index (χ1v) is 7.69. The highest BCUT2D eigenvalue weighted by molar-refractivity contribution is 14.1. The van der Waals surface area contributed by atoms with Gasteiger partial charge < -0.3 is 5.32 Å². The summed E-state index contributed by atoms with van der Waals surface area (Å²) < 4.78 is 0.808. The van der Waals surface area contributed by atoms with Gasteiger partial charge in [0.05, 0.1) is 22.2 Å². The van der Waals surface area contributed by atoms with Crippen LogP contribution < -0.4 is 5.32 Å². The lowest BCUT2D eigenvalue weighted by Crippen LogP contribution is -2.30. The smallest absolute Gasteiger partial charge is 0.252 e. The highest BCUT2D eigenvalue weighted by atomic mass is 127. The van der Waals surface area contributed by atoms with Crippen LogP contribution in [0.15, 0.2) is 36.5 Å². The molecule has 0 saturated carbocycles. The Labute approximate surface area is 145 Å². The number of pyridine rings is 1. The van der Waals surface area contributed by atoms with Crippen LogP contribution in [0.4, 0.5) is 0 Å². The number of carbonyl (C=O) groups is 2. The predicted molar refractivity (Wildman–Crippen MR) is 90.1 cm³/mol. The molecule has 0 atom stereocenters. The number of benzene rings is 1. The zero-order valence-corrected chi connectivity index (χ0v) is 14.2.